The second-order valence-electron chi connectivity index (χ2n) is 6.67. The van der Waals surface area contributed by atoms with E-state index >= 15 is 0 Å². The van der Waals surface area contributed by atoms with E-state index in [9.17, 15) is 27.7 Å². The number of non-ortho nitro benzene ring substituents is 1. The summed E-state index contributed by atoms with van der Waals surface area (Å²) in [6.07, 6.45) is 0.233. The van der Waals surface area contributed by atoms with E-state index in [1.165, 1.54) is 55.6 Å². The van der Waals surface area contributed by atoms with Crippen molar-refractivity contribution < 1.29 is 31.7 Å². The SMILES string of the molecule is CCCS(=O)(=O)N(C(=O)c1ccc(-c2ccc([N+](=O)[O-])cc2)o1)c1ccc(OC)c(F)c1. The van der Waals surface area contributed by atoms with E-state index < -0.39 is 26.7 Å². The Morgan fingerprint density at radius 1 is 1.16 bits per heavy atom. The van der Waals surface area contributed by atoms with Crippen LogP contribution in [-0.2, 0) is 10.0 Å². The molecule has 1 aromatic heterocycles. The quantitative estimate of drug-likeness (QED) is 0.360. The van der Waals surface area contributed by atoms with Crippen molar-refractivity contribution in [1.29, 1.82) is 0 Å². The van der Waals surface area contributed by atoms with E-state index in [0.29, 0.717) is 9.87 Å². The van der Waals surface area contributed by atoms with Crippen LogP contribution in [0.4, 0.5) is 15.8 Å². The van der Waals surface area contributed by atoms with Crippen molar-refractivity contribution in [3.05, 3.63) is 76.3 Å². The fourth-order valence-electron chi connectivity index (χ4n) is 2.99. The van der Waals surface area contributed by atoms with Gasteiger partial charge in [-0.1, -0.05) is 6.92 Å². The minimum Gasteiger partial charge on any atom is -0.494 e. The number of halogens is 1. The van der Waals surface area contributed by atoms with Gasteiger partial charge in [-0.3, -0.25) is 14.9 Å². The van der Waals surface area contributed by atoms with E-state index in [1.54, 1.807) is 6.92 Å². The normalized spacial score (nSPS) is 11.2. The van der Waals surface area contributed by atoms with Gasteiger partial charge >= 0.3 is 5.91 Å². The van der Waals surface area contributed by atoms with Crippen molar-refractivity contribution in [2.24, 2.45) is 0 Å². The first kappa shape index (κ1) is 22.9. The molecule has 3 rings (SSSR count). The topological polar surface area (TPSA) is 120 Å². The molecule has 32 heavy (non-hydrogen) atoms. The molecular formula is C21H19FN2O7S. The largest absolute Gasteiger partial charge is 0.494 e. The summed E-state index contributed by atoms with van der Waals surface area (Å²) in [4.78, 5) is 23.4. The zero-order valence-corrected chi connectivity index (χ0v) is 18.0. The number of carbonyl (C=O) groups excluding carboxylic acids is 1. The second kappa shape index (κ2) is 9.18. The van der Waals surface area contributed by atoms with Gasteiger partial charge in [0.15, 0.2) is 17.3 Å². The lowest BCUT2D eigenvalue weighted by atomic mass is 10.1. The lowest BCUT2D eigenvalue weighted by molar-refractivity contribution is -0.384. The number of nitro benzene ring substituents is 1. The molecule has 168 valence electrons. The molecule has 0 atom stereocenters. The first-order valence-electron chi connectivity index (χ1n) is 9.43. The Kier molecular flexibility index (Phi) is 6.58. The maximum absolute atomic E-state index is 14.2. The molecule has 0 unspecified atom stereocenters. The molecular weight excluding hydrogens is 443 g/mol. The molecule has 0 spiro atoms. The molecule has 2 aromatic carbocycles. The van der Waals surface area contributed by atoms with Gasteiger partial charge in [-0.15, -0.1) is 0 Å². The number of sulfonamides is 1. The number of nitro groups is 1. The highest BCUT2D eigenvalue weighted by molar-refractivity contribution is 7.93. The highest BCUT2D eigenvalue weighted by Crippen LogP contribution is 2.30. The molecule has 0 saturated heterocycles. The Hall–Kier alpha value is -3.73. The molecule has 3 aromatic rings. The Balaban J connectivity index is 2.00. The Morgan fingerprint density at radius 2 is 1.84 bits per heavy atom. The smallest absolute Gasteiger partial charge is 0.307 e. The summed E-state index contributed by atoms with van der Waals surface area (Å²) in [6.45, 7) is 1.63. The van der Waals surface area contributed by atoms with Gasteiger partial charge in [0.25, 0.3) is 5.69 Å². The van der Waals surface area contributed by atoms with Crippen LogP contribution in [-0.4, -0.2) is 32.1 Å². The molecule has 0 fully saturated rings. The summed E-state index contributed by atoms with van der Waals surface area (Å²) >= 11 is 0. The van der Waals surface area contributed by atoms with Crippen molar-refractivity contribution in [3.63, 3.8) is 0 Å². The Labute approximate surface area is 183 Å². The lowest BCUT2D eigenvalue weighted by Crippen LogP contribution is -2.38. The third-order valence-electron chi connectivity index (χ3n) is 4.47. The summed E-state index contributed by atoms with van der Waals surface area (Å²) in [5, 5.41) is 10.8. The Bertz CT molecular complexity index is 1250. The Morgan fingerprint density at radius 3 is 2.41 bits per heavy atom. The summed E-state index contributed by atoms with van der Waals surface area (Å²) in [5.41, 5.74) is 0.137. The number of amides is 1. The van der Waals surface area contributed by atoms with Crippen molar-refractivity contribution >= 4 is 27.3 Å². The van der Waals surface area contributed by atoms with E-state index in [0.717, 1.165) is 6.07 Å². The maximum Gasteiger partial charge on any atom is 0.307 e. The van der Waals surface area contributed by atoms with Crippen LogP contribution in [0.5, 0.6) is 5.75 Å². The number of rotatable bonds is 8. The summed E-state index contributed by atoms with van der Waals surface area (Å²) in [7, 11) is -2.88. The third-order valence-corrected chi connectivity index (χ3v) is 6.33. The zero-order chi connectivity index (χ0) is 23.5. The molecule has 1 amide bonds. The van der Waals surface area contributed by atoms with Gasteiger partial charge < -0.3 is 9.15 Å². The number of carbonyl (C=O) groups is 1. The number of furan rings is 1. The van der Waals surface area contributed by atoms with Crippen LogP contribution in [0, 0.1) is 15.9 Å². The molecule has 0 radical (unpaired) electrons. The van der Waals surface area contributed by atoms with E-state index in [-0.39, 0.29) is 40.8 Å². The average molecular weight is 462 g/mol. The molecule has 9 nitrogen and oxygen atoms in total. The van der Waals surface area contributed by atoms with Crippen molar-refractivity contribution in [2.45, 2.75) is 13.3 Å². The number of anilines is 1. The molecule has 0 N–H and O–H groups in total. The van der Waals surface area contributed by atoms with Crippen molar-refractivity contribution in [2.75, 3.05) is 17.2 Å². The fraction of sp³-hybridized carbons (Fsp3) is 0.190. The number of hydrogen-bond donors (Lipinski definition) is 0. The molecule has 11 heteroatoms. The van der Waals surface area contributed by atoms with E-state index in [1.807, 2.05) is 0 Å². The highest BCUT2D eigenvalue weighted by Gasteiger charge is 2.32. The van der Waals surface area contributed by atoms with E-state index in [2.05, 4.69) is 0 Å². The van der Waals surface area contributed by atoms with Crippen LogP contribution in [0.2, 0.25) is 0 Å². The lowest BCUT2D eigenvalue weighted by Gasteiger charge is -2.21. The molecule has 0 bridgehead atoms. The molecule has 0 aliphatic carbocycles. The number of ether oxygens (including phenoxy) is 1. The van der Waals surface area contributed by atoms with Gasteiger partial charge in [-0.25, -0.2) is 12.8 Å². The molecule has 1 heterocycles. The maximum atomic E-state index is 14.2. The molecule has 0 saturated carbocycles. The van der Waals surface area contributed by atoms with Gasteiger partial charge in [0.05, 0.1) is 23.5 Å². The number of benzene rings is 2. The fourth-order valence-corrected chi connectivity index (χ4v) is 4.47. The third kappa shape index (κ3) is 4.62. The van der Waals surface area contributed by atoms with Crippen LogP contribution >= 0.6 is 0 Å². The van der Waals surface area contributed by atoms with Crippen molar-refractivity contribution in [3.8, 4) is 17.1 Å². The monoisotopic (exact) mass is 462 g/mol. The van der Waals surface area contributed by atoms with Crippen LogP contribution < -0.4 is 9.04 Å². The van der Waals surface area contributed by atoms with Gasteiger partial charge in [0.2, 0.25) is 10.0 Å². The van der Waals surface area contributed by atoms with Crippen LogP contribution in [0.3, 0.4) is 0 Å². The van der Waals surface area contributed by atoms with Gasteiger partial charge in [0.1, 0.15) is 5.76 Å². The van der Waals surface area contributed by atoms with E-state index in [4.69, 9.17) is 9.15 Å². The van der Waals surface area contributed by atoms with Gasteiger partial charge in [0, 0.05) is 23.8 Å². The average Bonchev–Trinajstić information content (AvgIpc) is 3.24. The number of nitrogens with zero attached hydrogens (tertiary/aromatic N) is 2. The van der Waals surface area contributed by atoms with Crippen molar-refractivity contribution in [1.82, 2.24) is 0 Å². The second-order valence-corrected chi connectivity index (χ2v) is 8.61. The predicted molar refractivity (Wildman–Crippen MR) is 115 cm³/mol. The number of hydrogen-bond acceptors (Lipinski definition) is 7. The summed E-state index contributed by atoms with van der Waals surface area (Å²) in [5.74, 6) is -2.38. The van der Waals surface area contributed by atoms with Crippen LogP contribution in [0.25, 0.3) is 11.3 Å². The summed E-state index contributed by atoms with van der Waals surface area (Å²) in [6, 6.07) is 11.5. The van der Waals surface area contributed by atoms with Gasteiger partial charge in [-0.2, -0.15) is 4.31 Å². The minimum atomic E-state index is -4.14. The number of methoxy groups -OCH3 is 1. The predicted octanol–water partition coefficient (Wildman–Crippen LogP) is 4.39. The highest BCUT2D eigenvalue weighted by atomic mass is 32.2. The minimum absolute atomic E-state index is 0.104. The summed E-state index contributed by atoms with van der Waals surface area (Å²) < 4.78 is 50.8. The van der Waals surface area contributed by atoms with Crippen LogP contribution in [0.15, 0.2) is 59.0 Å². The standard InChI is InChI=1S/C21H19FN2O7S/c1-3-12-32(28,29)23(16-8-9-19(30-2)17(22)13-16)21(25)20-11-10-18(31-20)14-4-6-15(7-5-14)24(26)27/h4-11,13H,3,12H2,1-2H3. The molecule has 0 aliphatic rings. The zero-order valence-electron chi connectivity index (χ0n) is 17.1. The van der Waals surface area contributed by atoms with Crippen LogP contribution in [0.1, 0.15) is 23.9 Å². The first-order valence-corrected chi connectivity index (χ1v) is 11.0. The molecule has 0 aliphatic heterocycles. The first-order chi connectivity index (χ1) is 15.2. The van der Waals surface area contributed by atoms with Gasteiger partial charge in [-0.05, 0) is 42.8 Å².